The largest absolute Gasteiger partial charge is 0.374 e. The molecule has 1 aliphatic rings. The van der Waals surface area contributed by atoms with E-state index in [-0.39, 0.29) is 12.0 Å². The maximum atomic E-state index is 11.7. The van der Waals surface area contributed by atoms with Crippen LogP contribution in [-0.4, -0.2) is 74.5 Å². The Kier molecular flexibility index (Phi) is 4.86. The molecule has 0 aliphatic carbocycles. The van der Waals surface area contributed by atoms with Crippen LogP contribution in [0.3, 0.4) is 0 Å². The van der Waals surface area contributed by atoms with Gasteiger partial charge in [-0.15, -0.1) is 10.2 Å². The zero-order chi connectivity index (χ0) is 14.5. The van der Waals surface area contributed by atoms with Crippen molar-refractivity contribution in [1.29, 1.82) is 0 Å². The summed E-state index contributed by atoms with van der Waals surface area (Å²) in [5.74, 6) is 0.584. The third kappa shape index (κ3) is 3.64. The Morgan fingerprint density at radius 3 is 2.75 bits per heavy atom. The molecule has 0 bridgehead atoms. The zero-order valence-electron chi connectivity index (χ0n) is 12.2. The molecule has 1 aromatic heterocycles. The highest BCUT2D eigenvalue weighted by atomic mass is 16.5. The Bertz CT molecular complexity index is 443. The van der Waals surface area contributed by atoms with Gasteiger partial charge in [-0.05, 0) is 12.1 Å². The monoisotopic (exact) mass is 279 g/mol. The first kappa shape index (κ1) is 14.7. The van der Waals surface area contributed by atoms with E-state index in [0.717, 1.165) is 32.1 Å². The van der Waals surface area contributed by atoms with Crippen molar-refractivity contribution < 1.29 is 9.53 Å². The highest BCUT2D eigenvalue weighted by molar-refractivity contribution is 5.91. The first-order valence-electron chi connectivity index (χ1n) is 6.67. The summed E-state index contributed by atoms with van der Waals surface area (Å²) in [7, 11) is 5.32. The number of carbonyl (C=O) groups is 1. The Morgan fingerprint density at radius 2 is 2.20 bits per heavy atom. The number of anilines is 1. The predicted molar refractivity (Wildman–Crippen MR) is 75.9 cm³/mol. The number of carbonyl (C=O) groups excluding carboxylic acids is 1. The van der Waals surface area contributed by atoms with Crippen LogP contribution in [-0.2, 0) is 4.74 Å². The Labute approximate surface area is 118 Å². The topological polar surface area (TPSA) is 70.6 Å². The molecule has 1 aromatic rings. The van der Waals surface area contributed by atoms with Gasteiger partial charge in [-0.25, -0.2) is 0 Å². The number of nitrogens with zero attached hydrogens (tertiary/aromatic N) is 4. The van der Waals surface area contributed by atoms with Crippen LogP contribution in [0.1, 0.15) is 10.5 Å². The second-order valence-corrected chi connectivity index (χ2v) is 5.05. The van der Waals surface area contributed by atoms with Crippen LogP contribution in [0.15, 0.2) is 12.1 Å². The van der Waals surface area contributed by atoms with Gasteiger partial charge in [0.25, 0.3) is 5.91 Å². The minimum absolute atomic E-state index is 0.147. The van der Waals surface area contributed by atoms with E-state index >= 15 is 0 Å². The third-order valence-corrected chi connectivity index (χ3v) is 3.15. The molecule has 1 atom stereocenters. The van der Waals surface area contributed by atoms with Crippen LogP contribution in [0, 0.1) is 0 Å². The summed E-state index contributed by atoms with van der Waals surface area (Å²) in [5.41, 5.74) is 0.350. The van der Waals surface area contributed by atoms with Crippen molar-refractivity contribution in [2.45, 2.75) is 6.10 Å². The molecule has 0 radical (unpaired) electrons. The fraction of sp³-hybridized carbons (Fsp3) is 0.615. The molecule has 7 nitrogen and oxygen atoms in total. The van der Waals surface area contributed by atoms with Crippen molar-refractivity contribution in [1.82, 2.24) is 20.4 Å². The second kappa shape index (κ2) is 6.62. The van der Waals surface area contributed by atoms with Crippen molar-refractivity contribution in [2.75, 3.05) is 52.3 Å². The molecular weight excluding hydrogens is 258 g/mol. The number of hydrogen-bond donors (Lipinski definition) is 1. The number of morpholine rings is 1. The molecule has 2 heterocycles. The van der Waals surface area contributed by atoms with Crippen molar-refractivity contribution in [2.24, 2.45) is 0 Å². The fourth-order valence-corrected chi connectivity index (χ4v) is 2.01. The quantitative estimate of drug-likeness (QED) is 0.809. The summed E-state index contributed by atoms with van der Waals surface area (Å²) < 4.78 is 5.65. The zero-order valence-corrected chi connectivity index (χ0v) is 12.2. The minimum Gasteiger partial charge on any atom is -0.374 e. The van der Waals surface area contributed by atoms with Gasteiger partial charge in [0, 0.05) is 40.8 Å². The van der Waals surface area contributed by atoms with Gasteiger partial charge in [0.15, 0.2) is 11.5 Å². The fourth-order valence-electron chi connectivity index (χ4n) is 2.01. The molecular formula is C13H21N5O2. The van der Waals surface area contributed by atoms with Gasteiger partial charge in [0.2, 0.25) is 0 Å². The number of likely N-dealkylation sites (N-methyl/N-ethyl adjacent to an activating group) is 1. The van der Waals surface area contributed by atoms with Gasteiger partial charge >= 0.3 is 0 Å². The summed E-state index contributed by atoms with van der Waals surface area (Å²) in [6.07, 6.45) is 0.152. The van der Waals surface area contributed by atoms with E-state index in [1.165, 1.54) is 4.90 Å². The summed E-state index contributed by atoms with van der Waals surface area (Å²) in [4.78, 5) is 15.2. The van der Waals surface area contributed by atoms with Crippen LogP contribution in [0.4, 0.5) is 5.82 Å². The van der Waals surface area contributed by atoms with E-state index in [2.05, 4.69) is 15.5 Å². The van der Waals surface area contributed by atoms with Gasteiger partial charge < -0.3 is 19.9 Å². The molecule has 1 saturated heterocycles. The number of aromatic nitrogens is 2. The first-order chi connectivity index (χ1) is 9.58. The Morgan fingerprint density at radius 1 is 1.40 bits per heavy atom. The molecule has 7 heteroatoms. The van der Waals surface area contributed by atoms with Gasteiger partial charge in [-0.2, -0.15) is 0 Å². The molecule has 110 valence electrons. The average molecular weight is 279 g/mol. The van der Waals surface area contributed by atoms with Crippen molar-refractivity contribution in [3.8, 4) is 0 Å². The van der Waals surface area contributed by atoms with Gasteiger partial charge in [0.1, 0.15) is 0 Å². The summed E-state index contributed by atoms with van der Waals surface area (Å²) in [6, 6.07) is 3.50. The standard InChI is InChI=1S/C13H21N5O2/c1-17(2)13(19)11-4-5-12(16-15-11)18(3)9-10-8-14-6-7-20-10/h4-5,10,14H,6-9H2,1-3H3. The number of ether oxygens (including phenoxy) is 1. The second-order valence-electron chi connectivity index (χ2n) is 5.05. The molecule has 1 amide bonds. The van der Waals surface area contributed by atoms with E-state index in [1.54, 1.807) is 26.2 Å². The van der Waals surface area contributed by atoms with E-state index in [4.69, 9.17) is 4.74 Å². The summed E-state index contributed by atoms with van der Waals surface area (Å²) >= 11 is 0. The molecule has 20 heavy (non-hydrogen) atoms. The molecule has 1 unspecified atom stereocenters. The van der Waals surface area contributed by atoms with Crippen LogP contribution >= 0.6 is 0 Å². The maximum absolute atomic E-state index is 11.7. The first-order valence-corrected chi connectivity index (χ1v) is 6.67. The van der Waals surface area contributed by atoms with Gasteiger partial charge in [-0.1, -0.05) is 0 Å². The molecule has 0 spiro atoms. The number of rotatable bonds is 4. The molecule has 1 N–H and O–H groups in total. The summed E-state index contributed by atoms with van der Waals surface area (Å²) in [6.45, 7) is 3.22. The lowest BCUT2D eigenvalue weighted by atomic mass is 10.3. The van der Waals surface area contributed by atoms with Crippen LogP contribution in [0.2, 0.25) is 0 Å². The average Bonchev–Trinajstić information content (AvgIpc) is 2.47. The lowest BCUT2D eigenvalue weighted by Crippen LogP contribution is -2.44. The molecule has 2 rings (SSSR count). The molecule has 1 aliphatic heterocycles. The molecule has 0 aromatic carbocycles. The minimum atomic E-state index is -0.147. The number of hydrogen-bond acceptors (Lipinski definition) is 6. The Balaban J connectivity index is 1.96. The van der Waals surface area contributed by atoms with Crippen LogP contribution in [0.5, 0.6) is 0 Å². The predicted octanol–water partition coefficient (Wildman–Crippen LogP) is -0.397. The van der Waals surface area contributed by atoms with E-state index in [1.807, 2.05) is 11.9 Å². The number of nitrogens with one attached hydrogen (secondary N) is 1. The smallest absolute Gasteiger partial charge is 0.273 e. The van der Waals surface area contributed by atoms with Crippen LogP contribution < -0.4 is 10.2 Å². The lowest BCUT2D eigenvalue weighted by molar-refractivity contribution is 0.0339. The summed E-state index contributed by atoms with van der Waals surface area (Å²) in [5, 5.41) is 11.4. The Hall–Kier alpha value is -1.73. The van der Waals surface area contributed by atoms with Gasteiger partial charge in [-0.3, -0.25) is 4.79 Å². The molecule has 0 saturated carbocycles. The maximum Gasteiger partial charge on any atom is 0.273 e. The van der Waals surface area contributed by atoms with E-state index in [9.17, 15) is 4.79 Å². The van der Waals surface area contributed by atoms with Crippen molar-refractivity contribution in [3.63, 3.8) is 0 Å². The van der Waals surface area contributed by atoms with Crippen LogP contribution in [0.25, 0.3) is 0 Å². The normalized spacial score (nSPS) is 18.6. The highest BCUT2D eigenvalue weighted by Gasteiger charge is 2.17. The highest BCUT2D eigenvalue weighted by Crippen LogP contribution is 2.10. The lowest BCUT2D eigenvalue weighted by Gasteiger charge is -2.28. The molecule has 1 fully saturated rings. The van der Waals surface area contributed by atoms with Crippen molar-refractivity contribution >= 4 is 11.7 Å². The third-order valence-electron chi connectivity index (χ3n) is 3.15. The van der Waals surface area contributed by atoms with Crippen molar-refractivity contribution in [3.05, 3.63) is 17.8 Å². The van der Waals surface area contributed by atoms with E-state index in [0.29, 0.717) is 5.69 Å². The van der Waals surface area contributed by atoms with E-state index < -0.39 is 0 Å². The number of amides is 1. The SMILES string of the molecule is CN(C)C(=O)c1ccc(N(C)CC2CNCCO2)nn1. The van der Waals surface area contributed by atoms with Gasteiger partial charge in [0.05, 0.1) is 12.7 Å².